The Bertz CT molecular complexity index is 847. The third kappa shape index (κ3) is 3.89. The molecule has 0 spiro atoms. The van der Waals surface area contributed by atoms with Crippen molar-refractivity contribution in [3.63, 3.8) is 0 Å². The van der Waals surface area contributed by atoms with Crippen LogP contribution in [0.3, 0.4) is 0 Å². The molecule has 2 rings (SSSR count). The van der Waals surface area contributed by atoms with E-state index in [1.165, 1.54) is 29.0 Å². The summed E-state index contributed by atoms with van der Waals surface area (Å²) >= 11 is 1.48. The average molecular weight is 536 g/mol. The fourth-order valence-electron chi connectivity index (χ4n) is 3.40. The summed E-state index contributed by atoms with van der Waals surface area (Å²) in [5.41, 5.74) is -11.4. The third-order valence-corrected chi connectivity index (χ3v) is 5.16. The normalized spacial score (nSPS) is 20.9. The predicted octanol–water partition coefficient (Wildman–Crippen LogP) is 6.93. The second-order valence-electron chi connectivity index (χ2n) is 6.44. The molecule has 0 fully saturated rings. The van der Waals surface area contributed by atoms with Gasteiger partial charge in [0, 0.05) is 18.1 Å². The van der Waals surface area contributed by atoms with Crippen molar-refractivity contribution in [1.82, 2.24) is 0 Å². The van der Waals surface area contributed by atoms with E-state index in [1.807, 2.05) is 0 Å². The van der Waals surface area contributed by atoms with Crippen molar-refractivity contribution in [2.75, 3.05) is 0 Å². The lowest BCUT2D eigenvalue weighted by Gasteiger charge is -2.45. The zero-order valence-corrected chi connectivity index (χ0v) is 16.9. The van der Waals surface area contributed by atoms with Crippen LogP contribution in [0.25, 0.3) is 0 Å². The minimum absolute atomic E-state index is 0.0214. The number of halogens is 8. The molecular formula is C18H14F7INO2. The van der Waals surface area contributed by atoms with Gasteiger partial charge in [0.25, 0.3) is 5.69 Å². The van der Waals surface area contributed by atoms with E-state index in [2.05, 4.69) is 0 Å². The van der Waals surface area contributed by atoms with Gasteiger partial charge in [-0.2, -0.15) is 26.3 Å². The van der Waals surface area contributed by atoms with E-state index in [1.54, 1.807) is 6.92 Å². The zero-order chi connectivity index (χ0) is 22.3. The van der Waals surface area contributed by atoms with Gasteiger partial charge in [-0.25, -0.2) is 4.39 Å². The van der Waals surface area contributed by atoms with Crippen molar-refractivity contribution in [3.8, 4) is 0 Å². The highest BCUT2D eigenvalue weighted by Crippen LogP contribution is 2.61. The Morgan fingerprint density at radius 1 is 1.03 bits per heavy atom. The van der Waals surface area contributed by atoms with Crippen LogP contribution in [-0.4, -0.2) is 22.9 Å². The summed E-state index contributed by atoms with van der Waals surface area (Å²) in [5.74, 6) is 0. The first kappa shape index (κ1) is 23.6. The minimum Gasteiger partial charge on any atom is -0.258 e. The molecule has 159 valence electrons. The molecule has 0 bridgehead atoms. The first-order valence-corrected chi connectivity index (χ1v) is 9.30. The number of hydrogen-bond acceptors (Lipinski definition) is 2. The lowest BCUT2D eigenvalue weighted by atomic mass is 9.63. The highest BCUT2D eigenvalue weighted by Gasteiger charge is 2.81. The number of rotatable bonds is 5. The lowest BCUT2D eigenvalue weighted by Crippen LogP contribution is -2.65. The van der Waals surface area contributed by atoms with E-state index in [4.69, 9.17) is 0 Å². The predicted molar refractivity (Wildman–Crippen MR) is 100 cm³/mol. The summed E-state index contributed by atoms with van der Waals surface area (Å²) in [4.78, 5) is 10.3. The van der Waals surface area contributed by atoms with Gasteiger partial charge in [0.1, 0.15) is 0 Å². The molecule has 29 heavy (non-hydrogen) atoms. The van der Waals surface area contributed by atoms with Gasteiger partial charge in [-0.3, -0.25) is 10.1 Å². The Labute approximate surface area is 174 Å². The van der Waals surface area contributed by atoms with Crippen LogP contribution in [0.2, 0.25) is 0 Å². The molecule has 3 nitrogen and oxygen atoms in total. The van der Waals surface area contributed by atoms with E-state index in [0.29, 0.717) is 18.6 Å². The zero-order valence-electron chi connectivity index (χ0n) is 14.7. The van der Waals surface area contributed by atoms with Crippen molar-refractivity contribution in [1.29, 1.82) is 0 Å². The molecule has 0 amide bonds. The Balaban J connectivity index is 3.07. The van der Waals surface area contributed by atoms with E-state index < -0.39 is 39.6 Å². The number of hydrogen-bond donors (Lipinski definition) is 0. The Kier molecular flexibility index (Phi) is 6.41. The first-order valence-electron chi connectivity index (χ1n) is 8.22. The second-order valence-corrected chi connectivity index (χ2v) is 7.69. The van der Waals surface area contributed by atoms with Crippen LogP contribution < -0.4 is 0 Å². The summed E-state index contributed by atoms with van der Waals surface area (Å²) in [6.45, 7) is 1.64. The highest BCUT2D eigenvalue weighted by molar-refractivity contribution is 14.1. The summed E-state index contributed by atoms with van der Waals surface area (Å²) in [5, 5.41) is 11.4. The number of nitro groups is 1. The Morgan fingerprint density at radius 2 is 1.59 bits per heavy atom. The molecule has 0 saturated carbocycles. The van der Waals surface area contributed by atoms with E-state index in [9.17, 15) is 36.5 Å². The van der Waals surface area contributed by atoms with Crippen LogP contribution in [0.4, 0.5) is 36.4 Å². The molecule has 11 heteroatoms. The number of nitrogens with zero attached hydrogens (tertiary/aromatic N) is 1. The van der Waals surface area contributed by atoms with Crippen LogP contribution in [-0.2, 0) is 5.41 Å². The Hall–Kier alpha value is -1.66. The van der Waals surface area contributed by atoms with Gasteiger partial charge in [-0.15, -0.1) is 0 Å². The summed E-state index contributed by atoms with van der Waals surface area (Å²) < 4.78 is 97.9. The van der Waals surface area contributed by atoms with E-state index >= 15 is 4.39 Å². The molecule has 0 saturated heterocycles. The molecule has 1 atom stereocenters. The van der Waals surface area contributed by atoms with E-state index in [-0.39, 0.29) is 15.6 Å². The molecule has 0 aromatic heterocycles. The fourth-order valence-corrected chi connectivity index (χ4v) is 4.29. The van der Waals surface area contributed by atoms with Gasteiger partial charge in [-0.05, 0) is 32.6 Å². The number of nitro benzene ring substituents is 1. The summed E-state index contributed by atoms with van der Waals surface area (Å²) in [6.07, 6.45) is -10.1. The number of alkyl halides is 7. The first-order chi connectivity index (χ1) is 13.2. The van der Waals surface area contributed by atoms with Crippen molar-refractivity contribution < 1.29 is 35.7 Å². The van der Waals surface area contributed by atoms with Crippen molar-refractivity contribution in [2.45, 2.75) is 43.2 Å². The molecule has 0 aliphatic heterocycles. The quantitative estimate of drug-likeness (QED) is 0.177. The Morgan fingerprint density at radius 3 is 2.07 bits per heavy atom. The lowest BCUT2D eigenvalue weighted by molar-refractivity contribution is -0.388. The van der Waals surface area contributed by atoms with Gasteiger partial charge in [0.2, 0.25) is 0 Å². The van der Waals surface area contributed by atoms with Crippen LogP contribution in [0, 0.1) is 16.5 Å². The second kappa shape index (κ2) is 7.88. The van der Waals surface area contributed by atoms with E-state index in [0.717, 1.165) is 24.3 Å². The van der Waals surface area contributed by atoms with Gasteiger partial charge in [-0.1, -0.05) is 49.3 Å². The SMILES string of the molecule is CCCC1=CC(c2ccccc2[N+](=O)[O-])(C(F)(C(F)(F)F)C(F)(F)F)C=C(I)[CH]1. The van der Waals surface area contributed by atoms with Gasteiger partial charge in [0.05, 0.1) is 10.3 Å². The van der Waals surface area contributed by atoms with Crippen molar-refractivity contribution in [3.05, 3.63) is 67.7 Å². The average Bonchev–Trinajstić information content (AvgIpc) is 2.58. The third-order valence-electron chi connectivity index (χ3n) is 4.54. The highest BCUT2D eigenvalue weighted by atomic mass is 127. The number of benzene rings is 1. The maximum atomic E-state index is 15.5. The molecule has 1 aliphatic rings. The molecule has 1 radical (unpaired) electrons. The fraction of sp³-hybridized carbons (Fsp3) is 0.389. The maximum absolute atomic E-state index is 15.5. The van der Waals surface area contributed by atoms with Crippen LogP contribution in [0.15, 0.2) is 45.6 Å². The topological polar surface area (TPSA) is 43.1 Å². The van der Waals surface area contributed by atoms with Gasteiger partial charge >= 0.3 is 18.0 Å². The minimum atomic E-state index is -6.41. The van der Waals surface area contributed by atoms with Crippen molar-refractivity contribution >= 4 is 28.3 Å². The largest absolute Gasteiger partial charge is 0.433 e. The smallest absolute Gasteiger partial charge is 0.258 e. The molecule has 1 aliphatic carbocycles. The van der Waals surface area contributed by atoms with Crippen molar-refractivity contribution in [2.24, 2.45) is 0 Å². The summed E-state index contributed by atoms with van der Waals surface area (Å²) in [6, 6.07) is 3.58. The number of allylic oxidation sites excluding steroid dienone is 4. The maximum Gasteiger partial charge on any atom is 0.433 e. The summed E-state index contributed by atoms with van der Waals surface area (Å²) in [7, 11) is 0. The molecule has 1 unspecified atom stereocenters. The molecule has 1 aromatic carbocycles. The van der Waals surface area contributed by atoms with Crippen LogP contribution >= 0.6 is 22.6 Å². The molecular weight excluding hydrogens is 522 g/mol. The molecule has 0 heterocycles. The monoisotopic (exact) mass is 536 g/mol. The molecule has 1 aromatic rings. The molecule has 0 N–H and O–H groups in total. The van der Waals surface area contributed by atoms with Gasteiger partial charge < -0.3 is 0 Å². The van der Waals surface area contributed by atoms with Gasteiger partial charge in [0.15, 0.2) is 0 Å². The van der Waals surface area contributed by atoms with Crippen LogP contribution in [0.5, 0.6) is 0 Å². The standard InChI is InChI=1S/C18H14F7INO2/c1-2-5-11-8-12(26)10-15(9-11,13-6-3-4-7-14(13)27(28)29)16(19,17(20,21)22)18(23,24)25/h3-4,6-10H,2,5H2,1H3. The number of para-hydroxylation sites is 1. The van der Waals surface area contributed by atoms with Crippen LogP contribution in [0.1, 0.15) is 25.3 Å².